The average Bonchev–Trinajstić information content (AvgIpc) is 2.75. The van der Waals surface area contributed by atoms with Crippen LogP contribution in [0.3, 0.4) is 0 Å². The van der Waals surface area contributed by atoms with Crippen LogP contribution in [0.1, 0.15) is 22.6 Å². The smallest absolute Gasteiger partial charge is 0.259 e. The summed E-state index contributed by atoms with van der Waals surface area (Å²) in [6.07, 6.45) is 1.51. The van der Waals surface area contributed by atoms with Crippen LogP contribution in [0.4, 0.5) is 0 Å². The zero-order valence-corrected chi connectivity index (χ0v) is 16.3. The van der Waals surface area contributed by atoms with Crippen molar-refractivity contribution in [1.29, 1.82) is 0 Å². The third-order valence-electron chi connectivity index (χ3n) is 4.22. The summed E-state index contributed by atoms with van der Waals surface area (Å²) < 4.78 is 0. The Morgan fingerprint density at radius 2 is 1.41 bits per heavy atom. The maximum absolute atomic E-state index is 12.8. The maximum atomic E-state index is 12.8. The molecule has 0 aromatic heterocycles. The quantitative estimate of drug-likeness (QED) is 0.464. The molecule has 0 saturated heterocycles. The lowest BCUT2D eigenvalue weighted by Crippen LogP contribution is -2.37. The highest BCUT2D eigenvalue weighted by Crippen LogP contribution is 2.24. The Labute approximate surface area is 174 Å². The predicted molar refractivity (Wildman–Crippen MR) is 115 cm³/mol. The number of benzene rings is 3. The van der Waals surface area contributed by atoms with Gasteiger partial charge in [-0.15, -0.1) is 0 Å². The Hall–Kier alpha value is -3.44. The first-order valence-electron chi connectivity index (χ1n) is 9.08. The fourth-order valence-electron chi connectivity index (χ4n) is 2.82. The van der Waals surface area contributed by atoms with Gasteiger partial charge in [0, 0.05) is 5.02 Å². The van der Waals surface area contributed by atoms with E-state index < -0.39 is 11.8 Å². The van der Waals surface area contributed by atoms with Gasteiger partial charge in [0.25, 0.3) is 5.91 Å². The molecule has 0 aliphatic rings. The van der Waals surface area contributed by atoms with E-state index in [2.05, 4.69) is 15.8 Å². The predicted octanol–water partition coefficient (Wildman–Crippen LogP) is 3.74. The van der Waals surface area contributed by atoms with E-state index in [4.69, 9.17) is 11.6 Å². The van der Waals surface area contributed by atoms with Crippen LogP contribution in [0.15, 0.2) is 90.0 Å². The van der Waals surface area contributed by atoms with Crippen LogP contribution in [0, 0.1) is 0 Å². The van der Waals surface area contributed by atoms with Gasteiger partial charge in [-0.2, -0.15) is 5.10 Å². The Balaban J connectivity index is 1.60. The summed E-state index contributed by atoms with van der Waals surface area (Å²) in [5.74, 6) is -1.16. The molecule has 6 heteroatoms. The molecular weight excluding hydrogens is 386 g/mol. The standard InChI is InChI=1S/C23H20ClN3O2/c24-20-13-11-17(12-14-20)15-26-27-21(28)16-25-23(29)22(18-7-3-1-4-8-18)19-9-5-2-6-10-19/h1-15,22H,16H2,(H,25,29)(H,27,28). The number of nitrogens with one attached hydrogen (secondary N) is 2. The SMILES string of the molecule is O=C(CNC(=O)C(c1ccccc1)c1ccccc1)NN=Cc1ccc(Cl)cc1. The molecule has 0 saturated carbocycles. The van der Waals surface area contributed by atoms with Gasteiger partial charge in [0.2, 0.25) is 5.91 Å². The van der Waals surface area contributed by atoms with Crippen molar-refractivity contribution in [2.45, 2.75) is 5.92 Å². The minimum absolute atomic E-state index is 0.174. The van der Waals surface area contributed by atoms with Crippen molar-refractivity contribution in [3.05, 3.63) is 107 Å². The summed E-state index contributed by atoms with van der Waals surface area (Å²) in [7, 11) is 0. The number of hydrogen-bond donors (Lipinski definition) is 2. The van der Waals surface area contributed by atoms with E-state index in [1.165, 1.54) is 6.21 Å². The Morgan fingerprint density at radius 1 is 0.862 bits per heavy atom. The lowest BCUT2D eigenvalue weighted by atomic mass is 9.90. The maximum Gasteiger partial charge on any atom is 0.259 e. The average molecular weight is 406 g/mol. The summed E-state index contributed by atoms with van der Waals surface area (Å²) in [5, 5.41) is 7.21. The Bertz CT molecular complexity index is 935. The molecule has 0 aliphatic carbocycles. The highest BCUT2D eigenvalue weighted by Gasteiger charge is 2.22. The topological polar surface area (TPSA) is 70.6 Å². The van der Waals surface area contributed by atoms with Crippen LogP contribution < -0.4 is 10.7 Å². The zero-order valence-electron chi connectivity index (χ0n) is 15.6. The first-order valence-corrected chi connectivity index (χ1v) is 9.46. The van der Waals surface area contributed by atoms with Crippen LogP contribution >= 0.6 is 11.6 Å². The van der Waals surface area contributed by atoms with Gasteiger partial charge in [-0.1, -0.05) is 84.4 Å². The van der Waals surface area contributed by atoms with E-state index in [0.717, 1.165) is 16.7 Å². The molecule has 3 aromatic rings. The molecule has 29 heavy (non-hydrogen) atoms. The molecule has 3 aromatic carbocycles. The van der Waals surface area contributed by atoms with E-state index in [-0.39, 0.29) is 12.5 Å². The third kappa shape index (κ3) is 6.02. The molecule has 0 spiro atoms. The van der Waals surface area contributed by atoms with Crippen LogP contribution in [-0.2, 0) is 9.59 Å². The van der Waals surface area contributed by atoms with Crippen LogP contribution in [0.2, 0.25) is 5.02 Å². The van der Waals surface area contributed by atoms with Crippen molar-refractivity contribution in [3.8, 4) is 0 Å². The van der Waals surface area contributed by atoms with Crippen molar-refractivity contribution in [1.82, 2.24) is 10.7 Å². The number of rotatable bonds is 7. The molecule has 2 amide bonds. The normalized spacial score (nSPS) is 10.8. The lowest BCUT2D eigenvalue weighted by Gasteiger charge is -2.17. The van der Waals surface area contributed by atoms with E-state index in [9.17, 15) is 9.59 Å². The second kappa shape index (κ2) is 10.2. The number of amides is 2. The van der Waals surface area contributed by atoms with Gasteiger partial charge in [0.15, 0.2) is 0 Å². The van der Waals surface area contributed by atoms with Crippen LogP contribution in [0.25, 0.3) is 0 Å². The van der Waals surface area contributed by atoms with E-state index >= 15 is 0 Å². The van der Waals surface area contributed by atoms with Crippen molar-refractivity contribution in [2.75, 3.05) is 6.54 Å². The number of carbonyl (C=O) groups excluding carboxylic acids is 2. The molecule has 0 aliphatic heterocycles. The highest BCUT2D eigenvalue weighted by atomic mass is 35.5. The summed E-state index contributed by atoms with van der Waals surface area (Å²) in [4.78, 5) is 24.9. The minimum atomic E-state index is -0.497. The van der Waals surface area contributed by atoms with Gasteiger partial charge < -0.3 is 5.32 Å². The van der Waals surface area contributed by atoms with E-state index in [1.54, 1.807) is 24.3 Å². The Morgan fingerprint density at radius 3 is 1.97 bits per heavy atom. The summed E-state index contributed by atoms with van der Waals surface area (Å²) >= 11 is 5.83. The molecule has 5 nitrogen and oxygen atoms in total. The van der Waals surface area contributed by atoms with Gasteiger partial charge in [-0.3, -0.25) is 9.59 Å². The molecular formula is C23H20ClN3O2. The summed E-state index contributed by atoms with van der Waals surface area (Å²) in [6.45, 7) is -0.174. The van der Waals surface area contributed by atoms with Gasteiger partial charge in [-0.25, -0.2) is 5.43 Å². The number of carbonyl (C=O) groups is 2. The first-order chi connectivity index (χ1) is 14.1. The van der Waals surface area contributed by atoms with Crippen molar-refractivity contribution < 1.29 is 9.59 Å². The largest absolute Gasteiger partial charge is 0.346 e. The fourth-order valence-corrected chi connectivity index (χ4v) is 2.95. The van der Waals surface area contributed by atoms with Crippen LogP contribution in [0.5, 0.6) is 0 Å². The zero-order chi connectivity index (χ0) is 20.5. The van der Waals surface area contributed by atoms with E-state index in [1.807, 2.05) is 60.7 Å². The van der Waals surface area contributed by atoms with Gasteiger partial charge in [0.05, 0.1) is 18.7 Å². The third-order valence-corrected chi connectivity index (χ3v) is 4.48. The molecule has 2 N–H and O–H groups in total. The number of halogens is 1. The fraction of sp³-hybridized carbons (Fsp3) is 0.0870. The van der Waals surface area contributed by atoms with Crippen LogP contribution in [-0.4, -0.2) is 24.6 Å². The molecule has 0 bridgehead atoms. The molecule has 0 heterocycles. The molecule has 0 atom stereocenters. The molecule has 3 rings (SSSR count). The molecule has 146 valence electrons. The molecule has 0 fully saturated rings. The van der Waals surface area contributed by atoms with Crippen molar-refractivity contribution in [3.63, 3.8) is 0 Å². The first kappa shape index (κ1) is 20.3. The van der Waals surface area contributed by atoms with Gasteiger partial charge in [-0.05, 0) is 28.8 Å². The van der Waals surface area contributed by atoms with E-state index in [0.29, 0.717) is 5.02 Å². The van der Waals surface area contributed by atoms with Crippen molar-refractivity contribution in [2.24, 2.45) is 5.10 Å². The Kier molecular flexibility index (Phi) is 7.14. The number of hydrazone groups is 1. The second-order valence-corrected chi connectivity index (χ2v) is 6.75. The molecule has 0 unspecified atom stereocenters. The number of nitrogens with zero attached hydrogens (tertiary/aromatic N) is 1. The van der Waals surface area contributed by atoms with Gasteiger partial charge in [0.1, 0.15) is 0 Å². The monoisotopic (exact) mass is 405 g/mol. The van der Waals surface area contributed by atoms with Crippen molar-refractivity contribution >= 4 is 29.6 Å². The highest BCUT2D eigenvalue weighted by molar-refractivity contribution is 6.30. The summed E-state index contributed by atoms with van der Waals surface area (Å²) in [6, 6.07) is 26.0. The molecule has 0 radical (unpaired) electrons. The minimum Gasteiger partial charge on any atom is -0.346 e. The van der Waals surface area contributed by atoms with Gasteiger partial charge >= 0.3 is 0 Å². The lowest BCUT2D eigenvalue weighted by molar-refractivity contribution is -0.126. The summed E-state index contributed by atoms with van der Waals surface area (Å²) in [5.41, 5.74) is 4.92. The second-order valence-electron chi connectivity index (χ2n) is 6.32. The number of hydrogen-bond acceptors (Lipinski definition) is 3.